The molecule has 2 amide bonds. The second-order valence-corrected chi connectivity index (χ2v) is 6.57. The lowest BCUT2D eigenvalue weighted by molar-refractivity contribution is -0.123. The molecule has 0 unspecified atom stereocenters. The smallest absolute Gasteiger partial charge is 0.238 e. The van der Waals surface area contributed by atoms with Gasteiger partial charge in [-0.3, -0.25) is 9.59 Å². The van der Waals surface area contributed by atoms with E-state index in [4.69, 9.17) is 4.42 Å². The van der Waals surface area contributed by atoms with Gasteiger partial charge in [0.2, 0.25) is 11.8 Å². The fourth-order valence-electron chi connectivity index (χ4n) is 2.10. The fourth-order valence-corrected chi connectivity index (χ4v) is 3.04. The minimum absolute atomic E-state index is 0.0866. The summed E-state index contributed by atoms with van der Waals surface area (Å²) in [7, 11) is 0. The molecule has 2 aromatic rings. The van der Waals surface area contributed by atoms with Crippen LogP contribution >= 0.6 is 11.8 Å². The number of rotatable bonds is 4. The number of amides is 2. The van der Waals surface area contributed by atoms with Crippen molar-refractivity contribution < 1.29 is 14.0 Å². The number of carbonyl (C=O) groups is 2. The number of carbonyl (C=O) groups excluding carboxylic acids is 2. The van der Waals surface area contributed by atoms with Gasteiger partial charge in [-0.1, -0.05) is 29.5 Å². The Hall–Kier alpha value is -2.87. The average molecular weight is 356 g/mol. The van der Waals surface area contributed by atoms with Crippen LogP contribution in [0.5, 0.6) is 0 Å². The fraction of sp³-hybridized carbons (Fsp3) is 0.176. The number of nitrogens with one attached hydrogen (secondary N) is 2. The van der Waals surface area contributed by atoms with Crippen molar-refractivity contribution in [2.75, 3.05) is 5.32 Å². The van der Waals surface area contributed by atoms with Crippen LogP contribution in [-0.2, 0) is 9.59 Å². The monoisotopic (exact) mass is 356 g/mol. The molecule has 2 N–H and O–H groups in total. The molecule has 1 aromatic heterocycles. The Bertz CT molecular complexity index is 813. The average Bonchev–Trinajstić information content (AvgIpc) is 3.10. The molecule has 1 aliphatic heterocycles. The highest BCUT2D eigenvalue weighted by molar-refractivity contribution is 8.15. The van der Waals surface area contributed by atoms with Crippen LogP contribution in [0.1, 0.15) is 17.7 Å². The van der Waals surface area contributed by atoms with Gasteiger partial charge in [0.15, 0.2) is 5.17 Å². The lowest BCUT2D eigenvalue weighted by Crippen LogP contribution is -2.41. The first-order chi connectivity index (χ1) is 12.1. The highest BCUT2D eigenvalue weighted by atomic mass is 32.2. The number of thioether (sulfide) groups is 1. The van der Waals surface area contributed by atoms with E-state index in [-0.39, 0.29) is 23.4 Å². The maximum absolute atomic E-state index is 12.4. The van der Waals surface area contributed by atoms with Crippen molar-refractivity contribution in [3.8, 4) is 0 Å². The maximum Gasteiger partial charge on any atom is 0.238 e. The Kier molecular flexibility index (Phi) is 5.30. The highest BCUT2D eigenvalue weighted by Gasteiger charge is 2.30. The molecule has 1 fully saturated rings. The molecule has 25 heavy (non-hydrogen) atoms. The van der Waals surface area contributed by atoms with Gasteiger partial charge in [-0.15, -0.1) is 5.10 Å². The SMILES string of the molecule is Cc1ccc(NC(=O)[C@H]2CC(=O)N/C(=N\N=C/c3ccco3)S2)cc1. The van der Waals surface area contributed by atoms with Gasteiger partial charge in [-0.25, -0.2) is 0 Å². The van der Waals surface area contributed by atoms with Gasteiger partial charge in [-0.2, -0.15) is 5.10 Å². The quantitative estimate of drug-likeness (QED) is 0.650. The standard InChI is InChI=1S/C17H16N4O3S/c1-11-4-6-12(7-5-11)19-16(23)14-9-15(22)20-17(25-14)21-18-10-13-3-2-8-24-13/h2-8,10,14H,9H2,1H3,(H,19,23)(H,20,21,22)/b18-10-/t14-/m1/s1. The molecular weight excluding hydrogens is 340 g/mol. The van der Waals surface area contributed by atoms with E-state index < -0.39 is 5.25 Å². The van der Waals surface area contributed by atoms with Crippen molar-refractivity contribution in [3.05, 3.63) is 54.0 Å². The first-order valence-corrected chi connectivity index (χ1v) is 8.47. The van der Waals surface area contributed by atoms with Crippen LogP contribution in [0.15, 0.2) is 57.3 Å². The third-order valence-electron chi connectivity index (χ3n) is 3.36. The summed E-state index contributed by atoms with van der Waals surface area (Å²) >= 11 is 1.16. The molecule has 2 heterocycles. The van der Waals surface area contributed by atoms with Crippen molar-refractivity contribution in [1.29, 1.82) is 0 Å². The van der Waals surface area contributed by atoms with Gasteiger partial charge in [0.1, 0.15) is 11.0 Å². The van der Waals surface area contributed by atoms with E-state index in [1.807, 2.05) is 31.2 Å². The van der Waals surface area contributed by atoms with E-state index in [1.54, 1.807) is 12.1 Å². The summed E-state index contributed by atoms with van der Waals surface area (Å²) in [6.07, 6.45) is 3.04. The van der Waals surface area contributed by atoms with Crippen molar-refractivity contribution >= 4 is 40.6 Å². The molecule has 128 valence electrons. The van der Waals surface area contributed by atoms with E-state index in [9.17, 15) is 9.59 Å². The summed E-state index contributed by atoms with van der Waals surface area (Å²) in [4.78, 5) is 24.2. The maximum atomic E-state index is 12.4. The van der Waals surface area contributed by atoms with E-state index in [1.165, 1.54) is 12.5 Å². The van der Waals surface area contributed by atoms with Crippen LogP contribution in [0.25, 0.3) is 0 Å². The van der Waals surface area contributed by atoms with Crippen LogP contribution in [0.4, 0.5) is 5.69 Å². The largest absolute Gasteiger partial charge is 0.463 e. The second kappa shape index (κ2) is 7.80. The molecule has 0 radical (unpaired) electrons. The minimum Gasteiger partial charge on any atom is -0.463 e. The van der Waals surface area contributed by atoms with Crippen LogP contribution in [0.3, 0.4) is 0 Å². The zero-order chi connectivity index (χ0) is 17.6. The Balaban J connectivity index is 1.64. The summed E-state index contributed by atoms with van der Waals surface area (Å²) in [5, 5.41) is 12.9. The molecule has 1 atom stereocenters. The lowest BCUT2D eigenvalue weighted by atomic mass is 10.2. The molecule has 0 bridgehead atoms. The van der Waals surface area contributed by atoms with Gasteiger partial charge in [-0.05, 0) is 31.2 Å². The van der Waals surface area contributed by atoms with Crippen molar-refractivity contribution in [3.63, 3.8) is 0 Å². The van der Waals surface area contributed by atoms with Gasteiger partial charge in [0.25, 0.3) is 0 Å². The van der Waals surface area contributed by atoms with Crippen LogP contribution < -0.4 is 10.6 Å². The Morgan fingerprint density at radius 1 is 1.36 bits per heavy atom. The van der Waals surface area contributed by atoms with Crippen molar-refractivity contribution in [2.24, 2.45) is 10.2 Å². The lowest BCUT2D eigenvalue weighted by Gasteiger charge is -2.21. The first kappa shape index (κ1) is 17.0. The zero-order valence-electron chi connectivity index (χ0n) is 13.4. The number of furan rings is 1. The molecule has 0 saturated carbocycles. The van der Waals surface area contributed by atoms with Crippen LogP contribution in [0, 0.1) is 6.92 Å². The molecular formula is C17H16N4O3S. The zero-order valence-corrected chi connectivity index (χ0v) is 14.2. The summed E-state index contributed by atoms with van der Waals surface area (Å²) in [5.41, 5.74) is 1.80. The third kappa shape index (κ3) is 4.80. The minimum atomic E-state index is -0.562. The van der Waals surface area contributed by atoms with E-state index in [0.717, 1.165) is 17.3 Å². The number of hydrogen-bond donors (Lipinski definition) is 2. The van der Waals surface area contributed by atoms with Gasteiger partial charge >= 0.3 is 0 Å². The predicted molar refractivity (Wildman–Crippen MR) is 97.7 cm³/mol. The molecule has 8 heteroatoms. The second-order valence-electron chi connectivity index (χ2n) is 5.38. The molecule has 0 spiro atoms. The Morgan fingerprint density at radius 2 is 2.16 bits per heavy atom. The summed E-state index contributed by atoms with van der Waals surface area (Å²) in [6.45, 7) is 1.97. The number of amidine groups is 1. The number of hydrogen-bond acceptors (Lipinski definition) is 6. The van der Waals surface area contributed by atoms with E-state index >= 15 is 0 Å². The Morgan fingerprint density at radius 3 is 2.88 bits per heavy atom. The molecule has 7 nitrogen and oxygen atoms in total. The van der Waals surface area contributed by atoms with E-state index in [2.05, 4.69) is 20.8 Å². The summed E-state index contributed by atoms with van der Waals surface area (Å²) < 4.78 is 5.10. The number of anilines is 1. The first-order valence-electron chi connectivity index (χ1n) is 7.59. The number of aryl methyl sites for hydroxylation is 1. The molecule has 1 aliphatic rings. The Labute approximate surface area is 148 Å². The summed E-state index contributed by atoms with van der Waals surface area (Å²) in [6, 6.07) is 10.9. The molecule has 1 saturated heterocycles. The van der Waals surface area contributed by atoms with Crippen molar-refractivity contribution in [2.45, 2.75) is 18.6 Å². The topological polar surface area (TPSA) is 96.1 Å². The highest BCUT2D eigenvalue weighted by Crippen LogP contribution is 2.22. The van der Waals surface area contributed by atoms with Gasteiger partial charge in [0.05, 0.1) is 12.5 Å². The van der Waals surface area contributed by atoms with Gasteiger partial charge in [0, 0.05) is 12.1 Å². The summed E-state index contributed by atoms with van der Waals surface area (Å²) in [5.74, 6) is 0.0336. The van der Waals surface area contributed by atoms with Crippen LogP contribution in [0.2, 0.25) is 0 Å². The molecule has 1 aromatic carbocycles. The predicted octanol–water partition coefficient (Wildman–Crippen LogP) is 2.54. The number of benzene rings is 1. The molecule has 0 aliphatic carbocycles. The number of nitrogens with zero attached hydrogens (tertiary/aromatic N) is 2. The third-order valence-corrected chi connectivity index (χ3v) is 4.43. The van der Waals surface area contributed by atoms with E-state index in [0.29, 0.717) is 11.4 Å². The molecule has 3 rings (SSSR count). The van der Waals surface area contributed by atoms with Gasteiger partial charge < -0.3 is 15.1 Å². The normalized spacial score (nSPS) is 19.2. The van der Waals surface area contributed by atoms with Crippen LogP contribution in [-0.4, -0.2) is 28.4 Å². The van der Waals surface area contributed by atoms with Crippen molar-refractivity contribution in [1.82, 2.24) is 5.32 Å².